The van der Waals surface area contributed by atoms with E-state index in [4.69, 9.17) is 25.6 Å². The van der Waals surface area contributed by atoms with Crippen LogP contribution in [0.5, 0.6) is 0 Å². The molecule has 4 aromatic rings. The van der Waals surface area contributed by atoms with Crippen molar-refractivity contribution in [3.8, 4) is 22.6 Å². The second kappa shape index (κ2) is 10.8. The molecule has 2 aromatic carbocycles. The number of esters is 1. The Morgan fingerprint density at radius 3 is 2.66 bits per heavy atom. The van der Waals surface area contributed by atoms with Crippen LogP contribution in [0.15, 0.2) is 71.4 Å². The molecule has 8 nitrogen and oxygen atoms in total. The van der Waals surface area contributed by atoms with Gasteiger partial charge in [0.25, 0.3) is 0 Å². The van der Waals surface area contributed by atoms with E-state index in [1.54, 1.807) is 31.3 Å². The first-order valence-corrected chi connectivity index (χ1v) is 11.1. The van der Waals surface area contributed by atoms with Gasteiger partial charge in [0.15, 0.2) is 5.76 Å². The quantitative estimate of drug-likeness (QED) is 0.319. The summed E-state index contributed by atoms with van der Waals surface area (Å²) in [6.07, 6.45) is 1.40. The van der Waals surface area contributed by atoms with Gasteiger partial charge < -0.3 is 14.0 Å². The summed E-state index contributed by atoms with van der Waals surface area (Å²) in [5, 5.41) is 7.34. The molecule has 0 spiro atoms. The number of pyridine rings is 1. The van der Waals surface area contributed by atoms with Crippen LogP contribution in [0, 0.1) is 6.92 Å². The van der Waals surface area contributed by atoms with Crippen molar-refractivity contribution < 1.29 is 23.6 Å². The molecule has 2 aromatic heterocycles. The zero-order chi connectivity index (χ0) is 24.8. The molecule has 9 heteroatoms. The summed E-state index contributed by atoms with van der Waals surface area (Å²) in [6, 6.07) is 17.9. The molecule has 0 bridgehead atoms. The minimum Gasteiger partial charge on any atom is -0.465 e. The van der Waals surface area contributed by atoms with Crippen molar-refractivity contribution in [2.24, 2.45) is 0 Å². The number of aromatic nitrogens is 2. The summed E-state index contributed by atoms with van der Waals surface area (Å²) in [6.45, 7) is 1.88. The van der Waals surface area contributed by atoms with Crippen LogP contribution in [-0.4, -0.2) is 35.9 Å². The lowest BCUT2D eigenvalue weighted by atomic mass is 10.0. The van der Waals surface area contributed by atoms with Crippen molar-refractivity contribution in [3.05, 3.63) is 88.7 Å². The number of carbonyl (C=O) groups excluding carboxylic acids is 2. The average molecular weight is 492 g/mol. The number of halogens is 1. The first-order chi connectivity index (χ1) is 17.0. The minimum atomic E-state index is -0.631. The predicted octanol–water partition coefficient (Wildman–Crippen LogP) is 5.94. The highest BCUT2D eigenvalue weighted by Crippen LogP contribution is 2.33. The van der Waals surface area contributed by atoms with Crippen molar-refractivity contribution in [1.29, 1.82) is 0 Å². The predicted molar refractivity (Wildman–Crippen MR) is 131 cm³/mol. The molecule has 1 N–H and O–H groups in total. The molecule has 2 heterocycles. The third-order valence-electron chi connectivity index (χ3n) is 5.25. The van der Waals surface area contributed by atoms with Gasteiger partial charge >= 0.3 is 12.1 Å². The van der Waals surface area contributed by atoms with E-state index in [0.717, 1.165) is 11.1 Å². The zero-order valence-corrected chi connectivity index (χ0v) is 19.8. The van der Waals surface area contributed by atoms with Gasteiger partial charge in [-0.15, -0.1) is 0 Å². The molecule has 0 saturated heterocycles. The van der Waals surface area contributed by atoms with Gasteiger partial charge in [-0.1, -0.05) is 53.2 Å². The highest BCUT2D eigenvalue weighted by molar-refractivity contribution is 6.31. The lowest BCUT2D eigenvalue weighted by molar-refractivity contribution is 0.0600. The highest BCUT2D eigenvalue weighted by Gasteiger charge is 2.19. The van der Waals surface area contributed by atoms with Crippen LogP contribution in [0.2, 0.25) is 5.02 Å². The fraction of sp³-hybridized carbons (Fsp3) is 0.154. The van der Waals surface area contributed by atoms with Gasteiger partial charge in [-0.25, -0.2) is 9.59 Å². The van der Waals surface area contributed by atoms with Crippen LogP contribution >= 0.6 is 11.6 Å². The van der Waals surface area contributed by atoms with Gasteiger partial charge in [-0.2, -0.15) is 0 Å². The maximum absolute atomic E-state index is 12.4. The highest BCUT2D eigenvalue weighted by atomic mass is 35.5. The number of anilines is 1. The third kappa shape index (κ3) is 5.67. The Labute approximate surface area is 206 Å². The summed E-state index contributed by atoms with van der Waals surface area (Å²) in [5.74, 6) is -0.0771. The Kier molecular flexibility index (Phi) is 7.42. The fourth-order valence-electron chi connectivity index (χ4n) is 3.46. The summed E-state index contributed by atoms with van der Waals surface area (Å²) >= 11 is 6.15. The molecule has 0 aliphatic rings. The van der Waals surface area contributed by atoms with Crippen molar-refractivity contribution in [2.45, 2.75) is 13.3 Å². The number of nitrogens with one attached hydrogen (secondary N) is 1. The van der Waals surface area contributed by atoms with Crippen molar-refractivity contribution in [3.63, 3.8) is 0 Å². The molecule has 0 radical (unpaired) electrons. The molecule has 4 rings (SSSR count). The van der Waals surface area contributed by atoms with E-state index in [0.29, 0.717) is 45.4 Å². The van der Waals surface area contributed by atoms with Crippen LogP contribution < -0.4 is 5.32 Å². The standard InChI is InChI=1S/C26H22ClN3O5/c1-16-23(29-26(32)34-13-11-17-6-3-4-9-21(17)27)24(35-30-16)19-8-5-7-18(14-19)22-15-20(10-12-28-22)25(31)33-2/h3-10,12,14-15H,11,13H2,1-2H3,(H,29,32). The number of hydrogen-bond acceptors (Lipinski definition) is 7. The molecule has 0 atom stereocenters. The SMILES string of the molecule is COC(=O)c1ccnc(-c2cccc(-c3onc(C)c3NC(=O)OCCc3ccccc3Cl)c2)c1. The number of ether oxygens (including phenoxy) is 2. The van der Waals surface area contributed by atoms with Crippen molar-refractivity contribution in [2.75, 3.05) is 19.0 Å². The molecule has 0 aliphatic carbocycles. The van der Waals surface area contributed by atoms with Crippen molar-refractivity contribution >= 4 is 29.4 Å². The summed E-state index contributed by atoms with van der Waals surface area (Å²) in [4.78, 5) is 28.7. The minimum absolute atomic E-state index is 0.160. The Bertz CT molecular complexity index is 1370. The fourth-order valence-corrected chi connectivity index (χ4v) is 3.69. The van der Waals surface area contributed by atoms with Crippen LogP contribution in [0.4, 0.5) is 10.5 Å². The van der Waals surface area contributed by atoms with E-state index in [2.05, 4.69) is 15.5 Å². The second-order valence-corrected chi connectivity index (χ2v) is 7.98. The normalized spacial score (nSPS) is 10.6. The van der Waals surface area contributed by atoms with E-state index in [1.165, 1.54) is 7.11 Å². The number of nitrogens with zero attached hydrogens (tertiary/aromatic N) is 2. The number of hydrogen-bond donors (Lipinski definition) is 1. The van der Waals surface area contributed by atoms with Crippen LogP contribution in [-0.2, 0) is 15.9 Å². The number of amides is 1. The monoisotopic (exact) mass is 491 g/mol. The van der Waals surface area contributed by atoms with E-state index in [-0.39, 0.29) is 6.61 Å². The van der Waals surface area contributed by atoms with Crippen LogP contribution in [0.25, 0.3) is 22.6 Å². The molecule has 0 fully saturated rings. The molecular formula is C26H22ClN3O5. The number of methoxy groups -OCH3 is 1. The maximum atomic E-state index is 12.4. The number of benzene rings is 2. The van der Waals surface area contributed by atoms with Gasteiger partial charge in [0.05, 0.1) is 25.0 Å². The van der Waals surface area contributed by atoms with Gasteiger partial charge in [-0.05, 0) is 36.8 Å². The summed E-state index contributed by atoms with van der Waals surface area (Å²) in [7, 11) is 1.33. The average Bonchev–Trinajstić information content (AvgIpc) is 3.24. The third-order valence-corrected chi connectivity index (χ3v) is 5.62. The first-order valence-electron chi connectivity index (χ1n) is 10.7. The van der Waals surface area contributed by atoms with E-state index in [9.17, 15) is 9.59 Å². The smallest absolute Gasteiger partial charge is 0.411 e. The van der Waals surface area contributed by atoms with Crippen LogP contribution in [0.1, 0.15) is 21.6 Å². The van der Waals surface area contributed by atoms with Gasteiger partial charge in [0.1, 0.15) is 11.4 Å². The maximum Gasteiger partial charge on any atom is 0.411 e. The summed E-state index contributed by atoms with van der Waals surface area (Å²) < 4.78 is 15.6. The Morgan fingerprint density at radius 1 is 1.06 bits per heavy atom. The van der Waals surface area contributed by atoms with Crippen LogP contribution in [0.3, 0.4) is 0 Å². The Balaban J connectivity index is 1.50. The summed E-state index contributed by atoms with van der Waals surface area (Å²) in [5.41, 5.74) is 4.18. The first kappa shape index (κ1) is 24.0. The number of carbonyl (C=O) groups is 2. The lowest BCUT2D eigenvalue weighted by Crippen LogP contribution is -2.16. The molecule has 35 heavy (non-hydrogen) atoms. The Hall–Kier alpha value is -4.17. The van der Waals surface area contributed by atoms with E-state index < -0.39 is 12.1 Å². The zero-order valence-electron chi connectivity index (χ0n) is 19.1. The van der Waals surface area contributed by atoms with E-state index >= 15 is 0 Å². The molecular weight excluding hydrogens is 470 g/mol. The van der Waals surface area contributed by atoms with Gasteiger partial charge in [-0.3, -0.25) is 10.3 Å². The Morgan fingerprint density at radius 2 is 1.86 bits per heavy atom. The molecule has 0 aliphatic heterocycles. The van der Waals surface area contributed by atoms with Gasteiger partial charge in [0.2, 0.25) is 0 Å². The largest absolute Gasteiger partial charge is 0.465 e. The molecule has 0 unspecified atom stereocenters. The number of rotatable bonds is 7. The van der Waals surface area contributed by atoms with E-state index in [1.807, 2.05) is 42.5 Å². The molecule has 178 valence electrons. The lowest BCUT2D eigenvalue weighted by Gasteiger charge is -2.09. The molecule has 1 amide bonds. The van der Waals surface area contributed by atoms with Gasteiger partial charge in [0, 0.05) is 28.8 Å². The van der Waals surface area contributed by atoms with Crippen molar-refractivity contribution in [1.82, 2.24) is 10.1 Å². The second-order valence-electron chi connectivity index (χ2n) is 7.58. The number of aryl methyl sites for hydroxylation is 1. The topological polar surface area (TPSA) is 104 Å². The molecule has 0 saturated carbocycles.